The molecule has 5 nitrogen and oxygen atoms in total. The van der Waals surface area contributed by atoms with Crippen LogP contribution in [0.5, 0.6) is 5.75 Å². The van der Waals surface area contributed by atoms with Crippen LogP contribution in [0.15, 0.2) is 71.2 Å². The second-order valence-electron chi connectivity index (χ2n) is 5.72. The molecule has 3 aromatic carbocycles. The molecule has 0 saturated carbocycles. The third kappa shape index (κ3) is 4.40. The van der Waals surface area contributed by atoms with E-state index in [1.165, 1.54) is 0 Å². The maximum absolute atomic E-state index is 12.2. The van der Waals surface area contributed by atoms with Gasteiger partial charge in [0.1, 0.15) is 5.75 Å². The largest absolute Gasteiger partial charge is 0.481 e. The van der Waals surface area contributed by atoms with Crippen LogP contribution in [-0.2, 0) is 4.79 Å². The van der Waals surface area contributed by atoms with Gasteiger partial charge in [-0.3, -0.25) is 20.4 Å². The first kappa shape index (κ1) is 17.9. The average molecular weight is 413 g/mol. The zero-order valence-corrected chi connectivity index (χ0v) is 15.6. The van der Waals surface area contributed by atoms with Gasteiger partial charge >= 0.3 is 0 Å². The number of carbonyl (C=O) groups is 2. The quantitative estimate of drug-likeness (QED) is 0.639. The normalized spacial score (nSPS) is 11.6. The van der Waals surface area contributed by atoms with E-state index in [0.29, 0.717) is 11.3 Å². The summed E-state index contributed by atoms with van der Waals surface area (Å²) in [6, 6.07) is 20.3. The Morgan fingerprint density at radius 1 is 0.923 bits per heavy atom. The second-order valence-corrected chi connectivity index (χ2v) is 6.64. The zero-order chi connectivity index (χ0) is 18.5. The standard InChI is InChI=1S/C20H17BrN2O3/c1-13(26-18-8-4-7-17(21)12-18)19(24)22-23-20(25)16-10-9-14-5-2-3-6-15(14)11-16/h2-13H,1H3,(H,22,24)(H,23,25)/t13-/m1/s1. The van der Waals surface area contributed by atoms with Crippen molar-refractivity contribution in [3.63, 3.8) is 0 Å². The van der Waals surface area contributed by atoms with Crippen LogP contribution in [0.3, 0.4) is 0 Å². The van der Waals surface area contributed by atoms with Gasteiger partial charge in [-0.15, -0.1) is 0 Å². The van der Waals surface area contributed by atoms with Crippen molar-refractivity contribution < 1.29 is 14.3 Å². The predicted octanol–water partition coefficient (Wildman–Crippen LogP) is 3.83. The van der Waals surface area contributed by atoms with E-state index in [-0.39, 0.29) is 0 Å². The van der Waals surface area contributed by atoms with Crippen LogP contribution >= 0.6 is 15.9 Å². The third-order valence-corrected chi connectivity index (χ3v) is 4.28. The molecule has 6 heteroatoms. The van der Waals surface area contributed by atoms with E-state index in [0.717, 1.165) is 15.2 Å². The number of rotatable bonds is 4. The molecule has 0 saturated heterocycles. The van der Waals surface area contributed by atoms with E-state index in [1.807, 2.05) is 42.5 Å². The fraction of sp³-hybridized carbons (Fsp3) is 0.100. The Morgan fingerprint density at radius 3 is 2.46 bits per heavy atom. The molecule has 0 aliphatic rings. The number of hydrogen-bond acceptors (Lipinski definition) is 3. The SMILES string of the molecule is C[C@@H](Oc1cccc(Br)c1)C(=O)NNC(=O)c1ccc2ccccc2c1. The Balaban J connectivity index is 1.58. The molecule has 0 fully saturated rings. The molecule has 1 atom stereocenters. The predicted molar refractivity (Wildman–Crippen MR) is 104 cm³/mol. The Bertz CT molecular complexity index is 958. The summed E-state index contributed by atoms with van der Waals surface area (Å²) in [7, 11) is 0. The van der Waals surface area contributed by atoms with Crippen molar-refractivity contribution in [2.75, 3.05) is 0 Å². The topological polar surface area (TPSA) is 67.4 Å². The van der Waals surface area contributed by atoms with Gasteiger partial charge in [-0.25, -0.2) is 0 Å². The Hall–Kier alpha value is -2.86. The fourth-order valence-corrected chi connectivity index (χ4v) is 2.80. The third-order valence-electron chi connectivity index (χ3n) is 3.79. The van der Waals surface area contributed by atoms with Gasteiger partial charge in [0, 0.05) is 10.0 Å². The summed E-state index contributed by atoms with van der Waals surface area (Å²) in [6.07, 6.45) is -0.763. The van der Waals surface area contributed by atoms with Crippen LogP contribution in [-0.4, -0.2) is 17.9 Å². The highest BCUT2D eigenvalue weighted by molar-refractivity contribution is 9.10. The van der Waals surface area contributed by atoms with E-state index in [4.69, 9.17) is 4.74 Å². The van der Waals surface area contributed by atoms with Crippen LogP contribution in [0.2, 0.25) is 0 Å². The van der Waals surface area contributed by atoms with E-state index in [9.17, 15) is 9.59 Å². The van der Waals surface area contributed by atoms with E-state index < -0.39 is 17.9 Å². The van der Waals surface area contributed by atoms with Gasteiger partial charge in [0.05, 0.1) is 0 Å². The minimum atomic E-state index is -0.763. The van der Waals surface area contributed by atoms with Crippen molar-refractivity contribution in [3.05, 3.63) is 76.8 Å². The molecular formula is C20H17BrN2O3. The summed E-state index contributed by atoms with van der Waals surface area (Å²) in [6.45, 7) is 1.61. The smallest absolute Gasteiger partial charge is 0.279 e. The van der Waals surface area contributed by atoms with Gasteiger partial charge in [-0.1, -0.05) is 52.3 Å². The first-order valence-corrected chi connectivity index (χ1v) is 8.83. The lowest BCUT2D eigenvalue weighted by Crippen LogP contribution is -2.47. The van der Waals surface area contributed by atoms with Crippen LogP contribution in [0.1, 0.15) is 17.3 Å². The summed E-state index contributed by atoms with van der Waals surface area (Å²) in [5.41, 5.74) is 5.26. The monoisotopic (exact) mass is 412 g/mol. The molecule has 0 radical (unpaired) electrons. The lowest BCUT2D eigenvalue weighted by atomic mass is 10.1. The Kier molecular flexibility index (Phi) is 5.53. The molecule has 0 aromatic heterocycles. The maximum Gasteiger partial charge on any atom is 0.279 e. The van der Waals surface area contributed by atoms with Gasteiger partial charge in [0.15, 0.2) is 6.10 Å². The molecule has 3 aromatic rings. The molecule has 2 amide bonds. The van der Waals surface area contributed by atoms with Crippen LogP contribution in [0.25, 0.3) is 10.8 Å². The van der Waals surface area contributed by atoms with Gasteiger partial charge in [-0.05, 0) is 48.0 Å². The lowest BCUT2D eigenvalue weighted by Gasteiger charge is -2.15. The summed E-state index contributed by atoms with van der Waals surface area (Å²) in [5.74, 6) is -0.277. The molecule has 2 N–H and O–H groups in total. The van der Waals surface area contributed by atoms with Crippen molar-refractivity contribution in [2.24, 2.45) is 0 Å². The lowest BCUT2D eigenvalue weighted by molar-refractivity contribution is -0.128. The van der Waals surface area contributed by atoms with Gasteiger partial charge < -0.3 is 4.74 Å². The second kappa shape index (κ2) is 8.01. The number of hydrazine groups is 1. The van der Waals surface area contributed by atoms with E-state index >= 15 is 0 Å². The molecule has 0 aliphatic carbocycles. The minimum absolute atomic E-state index is 0.390. The van der Waals surface area contributed by atoms with Crippen molar-refractivity contribution >= 4 is 38.5 Å². The van der Waals surface area contributed by atoms with Gasteiger partial charge in [0.2, 0.25) is 0 Å². The summed E-state index contributed by atoms with van der Waals surface area (Å²) < 4.78 is 6.41. The number of carbonyl (C=O) groups excluding carboxylic acids is 2. The van der Waals surface area contributed by atoms with Crippen LogP contribution in [0.4, 0.5) is 0 Å². The molecule has 0 aliphatic heterocycles. The number of nitrogens with one attached hydrogen (secondary N) is 2. The minimum Gasteiger partial charge on any atom is -0.481 e. The first-order valence-electron chi connectivity index (χ1n) is 8.04. The van der Waals surface area contributed by atoms with Gasteiger partial charge in [0.25, 0.3) is 11.8 Å². The van der Waals surface area contributed by atoms with Crippen molar-refractivity contribution in [1.82, 2.24) is 10.9 Å². The molecule has 0 heterocycles. The fourth-order valence-electron chi connectivity index (χ4n) is 2.42. The van der Waals surface area contributed by atoms with E-state index in [1.54, 1.807) is 31.2 Å². The van der Waals surface area contributed by atoms with Crippen molar-refractivity contribution in [3.8, 4) is 5.75 Å². The Labute approximate surface area is 159 Å². The van der Waals surface area contributed by atoms with Gasteiger partial charge in [-0.2, -0.15) is 0 Å². The van der Waals surface area contributed by atoms with Crippen molar-refractivity contribution in [2.45, 2.75) is 13.0 Å². The number of amides is 2. The Morgan fingerprint density at radius 2 is 1.69 bits per heavy atom. The van der Waals surface area contributed by atoms with Crippen molar-refractivity contribution in [1.29, 1.82) is 0 Å². The van der Waals surface area contributed by atoms with Crippen LogP contribution in [0, 0.1) is 0 Å². The number of benzene rings is 3. The van der Waals surface area contributed by atoms with Crippen LogP contribution < -0.4 is 15.6 Å². The number of hydrogen-bond donors (Lipinski definition) is 2. The summed E-state index contributed by atoms with van der Waals surface area (Å²) in [4.78, 5) is 24.4. The highest BCUT2D eigenvalue weighted by Gasteiger charge is 2.16. The molecule has 132 valence electrons. The molecule has 0 unspecified atom stereocenters. The van der Waals surface area contributed by atoms with E-state index in [2.05, 4.69) is 26.8 Å². The highest BCUT2D eigenvalue weighted by atomic mass is 79.9. The molecular weight excluding hydrogens is 396 g/mol. The first-order chi connectivity index (χ1) is 12.5. The zero-order valence-electron chi connectivity index (χ0n) is 14.0. The molecule has 0 bridgehead atoms. The number of fused-ring (bicyclic) bond motifs is 1. The maximum atomic E-state index is 12.2. The number of ether oxygens (including phenoxy) is 1. The molecule has 0 spiro atoms. The average Bonchev–Trinajstić information content (AvgIpc) is 2.65. The number of halogens is 1. The molecule has 3 rings (SSSR count). The summed E-state index contributed by atoms with van der Waals surface area (Å²) in [5, 5.41) is 2.00. The molecule has 26 heavy (non-hydrogen) atoms. The highest BCUT2D eigenvalue weighted by Crippen LogP contribution is 2.19. The summed E-state index contributed by atoms with van der Waals surface area (Å²) >= 11 is 3.34.